The molecule has 1 aromatic heterocycles. The first-order valence-corrected chi connectivity index (χ1v) is 4.49. The number of carbonyl (C=O) groups is 2. The molecule has 1 rings (SSSR count). The van der Waals surface area contributed by atoms with E-state index in [1.54, 1.807) is 11.7 Å². The Bertz CT molecular complexity index is 297. The Hall–Kier alpha value is -1.43. The van der Waals surface area contributed by atoms with E-state index in [9.17, 15) is 9.59 Å². The molecule has 70 valence electrons. The highest BCUT2D eigenvalue weighted by Crippen LogP contribution is 2.03. The maximum Gasteiger partial charge on any atom is 0.309 e. The van der Waals surface area contributed by atoms with Gasteiger partial charge in [-0.2, -0.15) is 0 Å². The molecule has 5 nitrogen and oxygen atoms in total. The number of rotatable bonds is 2. The van der Waals surface area contributed by atoms with Crippen molar-refractivity contribution < 1.29 is 9.59 Å². The first-order chi connectivity index (χ1) is 6.24. The fourth-order valence-electron chi connectivity index (χ4n) is 0.691. The molecule has 0 aromatic carbocycles. The van der Waals surface area contributed by atoms with Gasteiger partial charge in [0.15, 0.2) is 0 Å². The predicted molar refractivity (Wildman–Crippen MR) is 48.0 cm³/mol. The van der Waals surface area contributed by atoms with Crippen molar-refractivity contribution in [2.75, 3.05) is 7.05 Å². The Kier molecular flexibility index (Phi) is 3.39. The van der Waals surface area contributed by atoms with Crippen LogP contribution >= 0.6 is 11.3 Å². The Labute approximate surface area is 79.2 Å². The van der Waals surface area contributed by atoms with E-state index in [1.807, 2.05) is 0 Å². The predicted octanol–water partition coefficient (Wildman–Crippen LogP) is -0.495. The summed E-state index contributed by atoms with van der Waals surface area (Å²) in [5.41, 5.74) is 1.67. The van der Waals surface area contributed by atoms with Gasteiger partial charge in [-0.25, -0.2) is 0 Å². The van der Waals surface area contributed by atoms with Crippen molar-refractivity contribution in [3.63, 3.8) is 0 Å². The minimum absolute atomic E-state index is 0.344. The first-order valence-electron chi connectivity index (χ1n) is 3.61. The van der Waals surface area contributed by atoms with Crippen LogP contribution in [0.1, 0.15) is 4.88 Å². The standard InChI is InChI=1S/C7H9N3O2S/c1-8-6(11)7(12)10-3-5-2-9-4-13-5/h2,4H,3H2,1H3,(H,8,11)(H,10,12). The molecule has 1 aromatic rings. The van der Waals surface area contributed by atoms with Crippen LogP contribution in [0.3, 0.4) is 0 Å². The molecule has 0 spiro atoms. The van der Waals surface area contributed by atoms with E-state index in [0.717, 1.165) is 4.88 Å². The monoisotopic (exact) mass is 199 g/mol. The third-order valence-electron chi connectivity index (χ3n) is 1.34. The van der Waals surface area contributed by atoms with Gasteiger partial charge in [0.05, 0.1) is 12.1 Å². The highest BCUT2D eigenvalue weighted by molar-refractivity contribution is 7.09. The second-order valence-corrected chi connectivity index (χ2v) is 3.20. The fourth-order valence-corrected chi connectivity index (χ4v) is 1.22. The summed E-state index contributed by atoms with van der Waals surface area (Å²) in [5, 5.41) is 4.69. The maximum atomic E-state index is 10.9. The minimum Gasteiger partial charge on any atom is -0.351 e. The summed E-state index contributed by atoms with van der Waals surface area (Å²) in [6.45, 7) is 0.344. The van der Waals surface area contributed by atoms with Crippen LogP contribution < -0.4 is 10.6 Å². The normalized spacial score (nSPS) is 9.31. The summed E-state index contributed by atoms with van der Waals surface area (Å²) in [5.74, 6) is -1.26. The van der Waals surface area contributed by atoms with Gasteiger partial charge in [0.1, 0.15) is 0 Å². The van der Waals surface area contributed by atoms with Crippen LogP contribution in [0.15, 0.2) is 11.7 Å². The van der Waals surface area contributed by atoms with E-state index in [-0.39, 0.29) is 0 Å². The lowest BCUT2D eigenvalue weighted by molar-refractivity contribution is -0.138. The number of amides is 2. The zero-order valence-corrected chi connectivity index (χ0v) is 7.85. The average molecular weight is 199 g/mol. The molecule has 0 saturated heterocycles. The molecule has 13 heavy (non-hydrogen) atoms. The lowest BCUT2D eigenvalue weighted by Crippen LogP contribution is -2.37. The summed E-state index contributed by atoms with van der Waals surface area (Å²) >= 11 is 1.43. The molecule has 0 unspecified atom stereocenters. The van der Waals surface area contributed by atoms with Crippen molar-refractivity contribution >= 4 is 23.2 Å². The van der Waals surface area contributed by atoms with Crippen LogP contribution in [-0.2, 0) is 16.1 Å². The molecule has 0 atom stereocenters. The molecule has 0 aliphatic carbocycles. The molecular formula is C7H9N3O2S. The molecule has 0 aliphatic rings. The third-order valence-corrected chi connectivity index (χ3v) is 2.12. The number of aromatic nitrogens is 1. The lowest BCUT2D eigenvalue weighted by atomic mass is 10.5. The van der Waals surface area contributed by atoms with Crippen LogP contribution in [0, 0.1) is 0 Å². The van der Waals surface area contributed by atoms with E-state index in [0.29, 0.717) is 6.54 Å². The van der Waals surface area contributed by atoms with Crippen LogP contribution in [0.5, 0.6) is 0 Å². The zero-order chi connectivity index (χ0) is 9.68. The van der Waals surface area contributed by atoms with Gasteiger partial charge in [0, 0.05) is 18.1 Å². The molecule has 0 fully saturated rings. The Morgan fingerprint density at radius 1 is 1.54 bits per heavy atom. The molecule has 0 radical (unpaired) electrons. The fraction of sp³-hybridized carbons (Fsp3) is 0.286. The molecule has 0 aliphatic heterocycles. The summed E-state index contributed by atoms with van der Waals surface area (Å²) in [6, 6.07) is 0. The Balaban J connectivity index is 2.35. The molecule has 0 bridgehead atoms. The van der Waals surface area contributed by atoms with Crippen molar-refractivity contribution in [3.05, 3.63) is 16.6 Å². The van der Waals surface area contributed by atoms with Crippen LogP contribution in [0.2, 0.25) is 0 Å². The van der Waals surface area contributed by atoms with Gasteiger partial charge in [0.25, 0.3) is 0 Å². The smallest absolute Gasteiger partial charge is 0.309 e. The number of nitrogens with zero attached hydrogens (tertiary/aromatic N) is 1. The van der Waals surface area contributed by atoms with Gasteiger partial charge >= 0.3 is 11.8 Å². The van der Waals surface area contributed by atoms with Crippen molar-refractivity contribution in [2.45, 2.75) is 6.54 Å². The summed E-state index contributed by atoms with van der Waals surface area (Å²) < 4.78 is 0. The SMILES string of the molecule is CNC(=O)C(=O)NCc1cncs1. The van der Waals surface area contributed by atoms with E-state index in [1.165, 1.54) is 18.4 Å². The topological polar surface area (TPSA) is 71.1 Å². The highest BCUT2D eigenvalue weighted by Gasteiger charge is 2.09. The first kappa shape index (κ1) is 9.66. The van der Waals surface area contributed by atoms with Gasteiger partial charge in [-0.15, -0.1) is 11.3 Å². The van der Waals surface area contributed by atoms with E-state index >= 15 is 0 Å². The van der Waals surface area contributed by atoms with E-state index in [2.05, 4.69) is 15.6 Å². The Morgan fingerprint density at radius 3 is 2.85 bits per heavy atom. The van der Waals surface area contributed by atoms with Crippen molar-refractivity contribution in [1.82, 2.24) is 15.6 Å². The van der Waals surface area contributed by atoms with E-state index in [4.69, 9.17) is 0 Å². The summed E-state index contributed by atoms with van der Waals surface area (Å²) in [7, 11) is 1.41. The molecule has 0 saturated carbocycles. The molecule has 6 heteroatoms. The zero-order valence-electron chi connectivity index (χ0n) is 7.03. The molecule has 2 N–H and O–H groups in total. The summed E-state index contributed by atoms with van der Waals surface area (Å²) in [4.78, 5) is 26.4. The van der Waals surface area contributed by atoms with Gasteiger partial charge in [0.2, 0.25) is 0 Å². The molecule has 2 amide bonds. The largest absolute Gasteiger partial charge is 0.351 e. The van der Waals surface area contributed by atoms with Crippen molar-refractivity contribution in [3.8, 4) is 0 Å². The number of carbonyl (C=O) groups excluding carboxylic acids is 2. The van der Waals surface area contributed by atoms with E-state index < -0.39 is 11.8 Å². The van der Waals surface area contributed by atoms with Crippen LogP contribution in [0.4, 0.5) is 0 Å². The number of nitrogens with one attached hydrogen (secondary N) is 2. The number of hydrogen-bond donors (Lipinski definition) is 2. The number of thiazole rings is 1. The van der Waals surface area contributed by atoms with Gasteiger partial charge in [-0.05, 0) is 0 Å². The van der Waals surface area contributed by atoms with Crippen LogP contribution in [0.25, 0.3) is 0 Å². The Morgan fingerprint density at radius 2 is 2.31 bits per heavy atom. The maximum absolute atomic E-state index is 10.9. The second-order valence-electron chi connectivity index (χ2n) is 2.23. The number of hydrogen-bond acceptors (Lipinski definition) is 4. The minimum atomic E-state index is -0.635. The average Bonchev–Trinajstić information content (AvgIpc) is 2.65. The summed E-state index contributed by atoms with van der Waals surface area (Å²) in [6.07, 6.45) is 1.65. The van der Waals surface area contributed by atoms with Crippen molar-refractivity contribution in [2.24, 2.45) is 0 Å². The highest BCUT2D eigenvalue weighted by atomic mass is 32.1. The lowest BCUT2D eigenvalue weighted by Gasteiger charge is -2.00. The van der Waals surface area contributed by atoms with Gasteiger partial charge in [-0.3, -0.25) is 14.6 Å². The van der Waals surface area contributed by atoms with Gasteiger partial charge in [-0.1, -0.05) is 0 Å². The third kappa shape index (κ3) is 2.83. The quantitative estimate of drug-likeness (QED) is 0.631. The van der Waals surface area contributed by atoms with Crippen molar-refractivity contribution in [1.29, 1.82) is 0 Å². The molecular weight excluding hydrogens is 190 g/mol. The number of likely N-dealkylation sites (N-methyl/N-ethyl adjacent to an activating group) is 1. The van der Waals surface area contributed by atoms with Crippen LogP contribution in [-0.4, -0.2) is 23.8 Å². The van der Waals surface area contributed by atoms with Gasteiger partial charge < -0.3 is 10.6 Å². The second kappa shape index (κ2) is 4.56. The molecule has 1 heterocycles.